The van der Waals surface area contributed by atoms with E-state index in [-0.39, 0.29) is 11.3 Å². The zero-order valence-corrected chi connectivity index (χ0v) is 15.7. The fraction of sp³-hybridized carbons (Fsp3) is 0.389. The largest absolute Gasteiger partial charge is 0.294 e. The number of halogens is 1. The Labute approximate surface area is 145 Å². The molecule has 0 saturated heterocycles. The Morgan fingerprint density at radius 1 is 1.14 bits per heavy atom. The lowest BCUT2D eigenvalue weighted by Gasteiger charge is -2.35. The van der Waals surface area contributed by atoms with Crippen LogP contribution in [-0.4, -0.2) is 22.8 Å². The van der Waals surface area contributed by atoms with Gasteiger partial charge in [-0.1, -0.05) is 30.3 Å². The Bertz CT molecular complexity index is 616. The molecular weight excluding hydrogens is 358 g/mol. The molecule has 0 fully saturated rings. The van der Waals surface area contributed by atoms with Crippen LogP contribution in [0.4, 0.5) is 0 Å². The molecule has 1 heterocycles. The van der Waals surface area contributed by atoms with E-state index in [0.717, 1.165) is 21.8 Å². The highest BCUT2D eigenvalue weighted by Crippen LogP contribution is 2.24. The van der Waals surface area contributed by atoms with Gasteiger partial charge in [0, 0.05) is 25.0 Å². The highest BCUT2D eigenvalue weighted by atomic mass is 79.9. The van der Waals surface area contributed by atoms with Crippen molar-refractivity contribution in [3.8, 4) is 0 Å². The Hall–Kier alpha value is -0.970. The minimum atomic E-state index is 0.0339. The molecule has 0 saturated carbocycles. The van der Waals surface area contributed by atoms with Gasteiger partial charge >= 0.3 is 0 Å². The van der Waals surface area contributed by atoms with Crippen molar-refractivity contribution in [2.24, 2.45) is 0 Å². The van der Waals surface area contributed by atoms with Crippen LogP contribution in [0.2, 0.25) is 0 Å². The second-order valence-corrected chi connectivity index (χ2v) is 8.82. The molecule has 0 N–H and O–H groups in total. The van der Waals surface area contributed by atoms with Gasteiger partial charge < -0.3 is 0 Å². The Morgan fingerprint density at radius 3 is 2.36 bits per heavy atom. The van der Waals surface area contributed by atoms with Crippen LogP contribution in [0.3, 0.4) is 0 Å². The standard InChI is InChI=1S/C18H22BrNOS/c1-18(2,3)20(13-14-7-5-4-6-8-14)12-11-15(21)16-9-10-17(19)22-16/h4-10H,11-13H2,1-3H3. The van der Waals surface area contributed by atoms with Gasteiger partial charge in [0.05, 0.1) is 8.66 Å². The SMILES string of the molecule is CC(C)(C)N(CCC(=O)c1ccc(Br)s1)Cc1ccccc1. The van der Waals surface area contributed by atoms with Crippen LogP contribution in [-0.2, 0) is 6.54 Å². The van der Waals surface area contributed by atoms with Crippen LogP contribution in [0.15, 0.2) is 46.3 Å². The molecule has 22 heavy (non-hydrogen) atoms. The van der Waals surface area contributed by atoms with Gasteiger partial charge in [0.2, 0.25) is 0 Å². The lowest BCUT2D eigenvalue weighted by Crippen LogP contribution is -2.41. The lowest BCUT2D eigenvalue weighted by molar-refractivity contribution is 0.0900. The third kappa shape index (κ3) is 5.04. The summed E-state index contributed by atoms with van der Waals surface area (Å²) in [6, 6.07) is 14.3. The maximum absolute atomic E-state index is 12.3. The molecule has 1 aromatic carbocycles. The first-order valence-corrected chi connectivity index (χ1v) is 9.05. The molecule has 0 bridgehead atoms. The summed E-state index contributed by atoms with van der Waals surface area (Å²) in [5.74, 6) is 0.220. The van der Waals surface area contributed by atoms with E-state index in [2.05, 4.69) is 65.9 Å². The van der Waals surface area contributed by atoms with Crippen LogP contribution >= 0.6 is 27.3 Å². The molecule has 4 heteroatoms. The number of hydrogen-bond acceptors (Lipinski definition) is 3. The highest BCUT2D eigenvalue weighted by molar-refractivity contribution is 9.11. The summed E-state index contributed by atoms with van der Waals surface area (Å²) in [6.45, 7) is 8.23. The number of Topliss-reactive ketones (excluding diaryl/α,β-unsaturated/α-hetero) is 1. The average molecular weight is 380 g/mol. The predicted molar refractivity (Wildman–Crippen MR) is 97.6 cm³/mol. The molecule has 2 nitrogen and oxygen atoms in total. The van der Waals surface area contributed by atoms with Crippen LogP contribution in [0.5, 0.6) is 0 Å². The fourth-order valence-corrected chi connectivity index (χ4v) is 3.63. The molecular formula is C18H22BrNOS. The number of benzene rings is 1. The molecule has 0 aliphatic carbocycles. The van der Waals surface area contributed by atoms with E-state index >= 15 is 0 Å². The molecule has 0 atom stereocenters. The average Bonchev–Trinajstić information content (AvgIpc) is 2.89. The summed E-state index contributed by atoms with van der Waals surface area (Å²) in [6.07, 6.45) is 0.553. The molecule has 0 amide bonds. The van der Waals surface area contributed by atoms with Crippen LogP contribution in [0, 0.1) is 0 Å². The number of hydrogen-bond donors (Lipinski definition) is 0. The third-order valence-corrected chi connectivity index (χ3v) is 5.29. The van der Waals surface area contributed by atoms with Crippen LogP contribution in [0.1, 0.15) is 42.4 Å². The molecule has 0 aliphatic rings. The van der Waals surface area contributed by atoms with E-state index in [1.54, 1.807) is 0 Å². The van der Waals surface area contributed by atoms with Crippen molar-refractivity contribution < 1.29 is 4.79 Å². The summed E-state index contributed by atoms with van der Waals surface area (Å²) in [5, 5.41) is 0. The Morgan fingerprint density at radius 2 is 1.82 bits per heavy atom. The predicted octanol–water partition coefficient (Wildman–Crippen LogP) is 5.38. The van der Waals surface area contributed by atoms with Crippen molar-refractivity contribution in [3.63, 3.8) is 0 Å². The van der Waals surface area contributed by atoms with E-state index in [0.29, 0.717) is 6.42 Å². The van der Waals surface area contributed by atoms with Crippen LogP contribution in [0.25, 0.3) is 0 Å². The van der Waals surface area contributed by atoms with Gasteiger partial charge in [0.25, 0.3) is 0 Å². The summed E-state index contributed by atoms with van der Waals surface area (Å²) >= 11 is 4.92. The van der Waals surface area contributed by atoms with E-state index in [4.69, 9.17) is 0 Å². The van der Waals surface area contributed by atoms with Gasteiger partial charge in [-0.3, -0.25) is 9.69 Å². The molecule has 0 unspecified atom stereocenters. The first kappa shape index (κ1) is 17.4. The number of carbonyl (C=O) groups excluding carboxylic acids is 1. The van der Waals surface area contributed by atoms with Gasteiger partial charge in [0.15, 0.2) is 5.78 Å². The molecule has 1 aromatic heterocycles. The second kappa shape index (κ2) is 7.53. The number of rotatable bonds is 6. The van der Waals surface area contributed by atoms with Crippen molar-refractivity contribution in [2.75, 3.05) is 6.54 Å². The highest BCUT2D eigenvalue weighted by Gasteiger charge is 2.22. The van der Waals surface area contributed by atoms with Gasteiger partial charge in [0.1, 0.15) is 0 Å². The topological polar surface area (TPSA) is 20.3 Å². The summed E-state index contributed by atoms with van der Waals surface area (Å²) in [4.78, 5) is 15.5. The minimum absolute atomic E-state index is 0.0339. The van der Waals surface area contributed by atoms with Crippen molar-refractivity contribution >= 4 is 33.0 Å². The quantitative estimate of drug-likeness (QED) is 0.627. The summed E-state index contributed by atoms with van der Waals surface area (Å²) in [7, 11) is 0. The Kier molecular flexibility index (Phi) is 5.95. The second-order valence-electron chi connectivity index (χ2n) is 6.35. The van der Waals surface area contributed by atoms with Crippen molar-refractivity contribution in [1.29, 1.82) is 0 Å². The maximum Gasteiger partial charge on any atom is 0.174 e. The normalized spacial score (nSPS) is 11.9. The number of nitrogens with zero attached hydrogens (tertiary/aromatic N) is 1. The molecule has 0 aliphatic heterocycles. The van der Waals surface area contributed by atoms with Gasteiger partial charge in [-0.2, -0.15) is 0 Å². The molecule has 2 aromatic rings. The van der Waals surface area contributed by atoms with Crippen molar-refractivity contribution in [1.82, 2.24) is 4.90 Å². The zero-order chi connectivity index (χ0) is 16.2. The van der Waals surface area contributed by atoms with Crippen LogP contribution < -0.4 is 0 Å². The third-order valence-electron chi connectivity index (χ3n) is 3.62. The van der Waals surface area contributed by atoms with Crippen molar-refractivity contribution in [3.05, 3.63) is 56.7 Å². The minimum Gasteiger partial charge on any atom is -0.294 e. The first-order chi connectivity index (χ1) is 10.4. The number of carbonyl (C=O) groups is 1. The monoisotopic (exact) mass is 379 g/mol. The number of thiophene rings is 1. The zero-order valence-electron chi connectivity index (χ0n) is 13.3. The van der Waals surface area contributed by atoms with E-state index < -0.39 is 0 Å². The van der Waals surface area contributed by atoms with Gasteiger partial charge in [-0.05, 0) is 54.4 Å². The van der Waals surface area contributed by atoms with Gasteiger partial charge in [-0.15, -0.1) is 11.3 Å². The first-order valence-electron chi connectivity index (χ1n) is 7.44. The Balaban J connectivity index is 2.00. The number of ketones is 1. The van der Waals surface area contributed by atoms with E-state index in [9.17, 15) is 4.79 Å². The van der Waals surface area contributed by atoms with Crippen molar-refractivity contribution in [2.45, 2.75) is 39.3 Å². The lowest BCUT2D eigenvalue weighted by atomic mass is 10.0. The van der Waals surface area contributed by atoms with E-state index in [1.807, 2.05) is 18.2 Å². The maximum atomic E-state index is 12.3. The summed E-state index contributed by atoms with van der Waals surface area (Å²) < 4.78 is 1.01. The molecule has 2 rings (SSSR count). The smallest absolute Gasteiger partial charge is 0.174 e. The molecule has 118 valence electrons. The molecule has 0 spiro atoms. The fourth-order valence-electron chi connectivity index (χ4n) is 2.28. The van der Waals surface area contributed by atoms with E-state index in [1.165, 1.54) is 16.9 Å². The summed E-state index contributed by atoms with van der Waals surface area (Å²) in [5.41, 5.74) is 1.32. The van der Waals surface area contributed by atoms with Gasteiger partial charge in [-0.25, -0.2) is 0 Å². The molecule has 0 radical (unpaired) electrons.